The van der Waals surface area contributed by atoms with Gasteiger partial charge in [-0.3, -0.25) is 4.79 Å². The SMILES string of the molecule is CC[C@@H](C)C/C=C/c1cnc(Cl)c(O[C@@H]2CCN(C(=O)C(C)C)C2)c1. The molecule has 138 valence electrons. The van der Waals surface area contributed by atoms with Crippen molar-refractivity contribution in [3.63, 3.8) is 0 Å². The number of allylic oxidation sites excluding steroid dienone is 1. The van der Waals surface area contributed by atoms with Crippen LogP contribution in [-0.4, -0.2) is 35.0 Å². The number of likely N-dealkylation sites (tertiary alicyclic amines) is 1. The molecule has 1 saturated heterocycles. The van der Waals surface area contributed by atoms with E-state index in [0.29, 0.717) is 23.4 Å². The van der Waals surface area contributed by atoms with Gasteiger partial charge < -0.3 is 9.64 Å². The van der Waals surface area contributed by atoms with Crippen LogP contribution in [0.2, 0.25) is 5.15 Å². The number of ether oxygens (including phenoxy) is 1. The zero-order valence-electron chi connectivity index (χ0n) is 15.7. The van der Waals surface area contributed by atoms with Crippen LogP contribution < -0.4 is 4.74 Å². The topological polar surface area (TPSA) is 42.4 Å². The fourth-order valence-corrected chi connectivity index (χ4v) is 2.94. The maximum absolute atomic E-state index is 12.1. The third kappa shape index (κ3) is 5.74. The summed E-state index contributed by atoms with van der Waals surface area (Å²) >= 11 is 6.19. The normalized spacial score (nSPS) is 19.0. The predicted octanol–water partition coefficient (Wildman–Crippen LogP) is 4.82. The number of carbonyl (C=O) groups is 1. The number of pyridine rings is 1. The number of amides is 1. The second kappa shape index (κ2) is 9.23. The molecule has 1 aliphatic rings. The number of hydrogen-bond donors (Lipinski definition) is 0. The first-order valence-corrected chi connectivity index (χ1v) is 9.56. The van der Waals surface area contributed by atoms with Gasteiger partial charge >= 0.3 is 0 Å². The van der Waals surface area contributed by atoms with E-state index in [1.807, 2.05) is 24.8 Å². The van der Waals surface area contributed by atoms with Crippen molar-refractivity contribution in [2.24, 2.45) is 11.8 Å². The third-order valence-corrected chi connectivity index (χ3v) is 4.90. The summed E-state index contributed by atoms with van der Waals surface area (Å²) in [6.45, 7) is 9.63. The molecule has 0 saturated carbocycles. The second-order valence-corrected chi connectivity index (χ2v) is 7.53. The highest BCUT2D eigenvalue weighted by molar-refractivity contribution is 6.30. The summed E-state index contributed by atoms with van der Waals surface area (Å²) in [5.41, 5.74) is 0.982. The van der Waals surface area contributed by atoms with Crippen LogP contribution in [0.15, 0.2) is 18.3 Å². The molecule has 2 rings (SSSR count). The van der Waals surface area contributed by atoms with Crippen molar-refractivity contribution in [3.8, 4) is 5.75 Å². The largest absolute Gasteiger partial charge is 0.485 e. The van der Waals surface area contributed by atoms with Gasteiger partial charge in [-0.1, -0.05) is 57.9 Å². The third-order valence-electron chi connectivity index (χ3n) is 4.62. The van der Waals surface area contributed by atoms with E-state index < -0.39 is 0 Å². The first kappa shape index (κ1) is 19.8. The monoisotopic (exact) mass is 364 g/mol. The molecule has 0 aromatic carbocycles. The minimum absolute atomic E-state index is 0.0167. The van der Waals surface area contributed by atoms with Crippen molar-refractivity contribution >= 4 is 23.6 Å². The lowest BCUT2D eigenvalue weighted by molar-refractivity contribution is -0.133. The van der Waals surface area contributed by atoms with Crippen molar-refractivity contribution in [2.75, 3.05) is 13.1 Å². The molecule has 1 fully saturated rings. The Labute approximate surface area is 156 Å². The second-order valence-electron chi connectivity index (χ2n) is 7.18. The van der Waals surface area contributed by atoms with E-state index in [1.54, 1.807) is 6.20 Å². The minimum atomic E-state index is -0.0265. The summed E-state index contributed by atoms with van der Waals surface area (Å²) in [6.07, 6.45) is 9.00. The van der Waals surface area contributed by atoms with E-state index in [4.69, 9.17) is 16.3 Å². The van der Waals surface area contributed by atoms with Gasteiger partial charge in [0, 0.05) is 25.1 Å². The van der Waals surface area contributed by atoms with E-state index in [-0.39, 0.29) is 17.9 Å². The van der Waals surface area contributed by atoms with E-state index in [1.165, 1.54) is 6.42 Å². The van der Waals surface area contributed by atoms with E-state index in [0.717, 1.165) is 24.9 Å². The highest BCUT2D eigenvalue weighted by Gasteiger charge is 2.29. The molecule has 0 N–H and O–H groups in total. The standard InChI is InChI=1S/C20H29ClN2O2/c1-5-15(4)7-6-8-16-11-18(19(21)22-12-16)25-17-9-10-23(13-17)20(24)14(2)3/h6,8,11-12,14-15,17H,5,7,9-10,13H2,1-4H3/b8-6+/t15-,17-/m1/s1. The van der Waals surface area contributed by atoms with Crippen LogP contribution >= 0.6 is 11.6 Å². The molecule has 4 nitrogen and oxygen atoms in total. The van der Waals surface area contributed by atoms with Crippen LogP contribution in [0, 0.1) is 11.8 Å². The number of aromatic nitrogens is 1. The van der Waals surface area contributed by atoms with Gasteiger partial charge in [0.1, 0.15) is 6.10 Å². The van der Waals surface area contributed by atoms with Crippen molar-refractivity contribution in [3.05, 3.63) is 29.1 Å². The van der Waals surface area contributed by atoms with Crippen molar-refractivity contribution < 1.29 is 9.53 Å². The molecule has 0 aliphatic carbocycles. The van der Waals surface area contributed by atoms with Gasteiger partial charge in [0.15, 0.2) is 10.9 Å². The summed E-state index contributed by atoms with van der Waals surface area (Å²) in [4.78, 5) is 18.2. The van der Waals surface area contributed by atoms with Crippen molar-refractivity contribution in [2.45, 2.75) is 53.1 Å². The van der Waals surface area contributed by atoms with Crippen LogP contribution in [0.3, 0.4) is 0 Å². The molecule has 0 spiro atoms. The average molecular weight is 365 g/mol. The molecule has 0 bridgehead atoms. The first-order valence-electron chi connectivity index (χ1n) is 9.18. The van der Waals surface area contributed by atoms with Gasteiger partial charge in [0.25, 0.3) is 0 Å². The van der Waals surface area contributed by atoms with Gasteiger partial charge in [0.2, 0.25) is 5.91 Å². The van der Waals surface area contributed by atoms with Crippen LogP contribution in [0.1, 0.15) is 52.5 Å². The Balaban J connectivity index is 1.98. The first-order chi connectivity index (χ1) is 11.9. The molecular formula is C20H29ClN2O2. The number of nitrogens with zero attached hydrogens (tertiary/aromatic N) is 2. The predicted molar refractivity (Wildman–Crippen MR) is 103 cm³/mol. The van der Waals surface area contributed by atoms with Crippen LogP contribution in [-0.2, 0) is 4.79 Å². The Morgan fingerprint density at radius 1 is 1.48 bits per heavy atom. The maximum Gasteiger partial charge on any atom is 0.225 e. The lowest BCUT2D eigenvalue weighted by Gasteiger charge is -2.19. The van der Waals surface area contributed by atoms with Gasteiger partial charge in [-0.25, -0.2) is 4.98 Å². The molecule has 2 atom stereocenters. The molecule has 0 unspecified atom stereocenters. The Morgan fingerprint density at radius 2 is 2.24 bits per heavy atom. The molecule has 1 aliphatic heterocycles. The Hall–Kier alpha value is -1.55. The van der Waals surface area contributed by atoms with Crippen LogP contribution in [0.5, 0.6) is 5.75 Å². The average Bonchev–Trinajstić information content (AvgIpc) is 3.05. The van der Waals surface area contributed by atoms with E-state index >= 15 is 0 Å². The Morgan fingerprint density at radius 3 is 2.92 bits per heavy atom. The summed E-state index contributed by atoms with van der Waals surface area (Å²) in [5.74, 6) is 1.46. The zero-order chi connectivity index (χ0) is 18.4. The zero-order valence-corrected chi connectivity index (χ0v) is 16.4. The molecule has 5 heteroatoms. The van der Waals surface area contributed by atoms with Crippen LogP contribution in [0.25, 0.3) is 6.08 Å². The summed E-state index contributed by atoms with van der Waals surface area (Å²) in [6, 6.07) is 1.93. The number of rotatable bonds is 7. The fourth-order valence-electron chi connectivity index (χ4n) is 2.79. The van der Waals surface area contributed by atoms with Crippen molar-refractivity contribution in [1.29, 1.82) is 0 Å². The lowest BCUT2D eigenvalue weighted by atomic mass is 10.0. The molecule has 1 aromatic rings. The quantitative estimate of drug-likeness (QED) is 0.651. The molecule has 0 radical (unpaired) electrons. The van der Waals surface area contributed by atoms with E-state index in [9.17, 15) is 4.79 Å². The van der Waals surface area contributed by atoms with Crippen LogP contribution in [0.4, 0.5) is 0 Å². The summed E-state index contributed by atoms with van der Waals surface area (Å²) in [7, 11) is 0. The molecule has 2 heterocycles. The Bertz CT molecular complexity index is 616. The smallest absolute Gasteiger partial charge is 0.225 e. The minimum Gasteiger partial charge on any atom is -0.485 e. The molecule has 1 amide bonds. The van der Waals surface area contributed by atoms with Gasteiger partial charge in [-0.2, -0.15) is 0 Å². The van der Waals surface area contributed by atoms with Crippen molar-refractivity contribution in [1.82, 2.24) is 9.88 Å². The van der Waals surface area contributed by atoms with Gasteiger partial charge in [0.05, 0.1) is 6.54 Å². The molecular weight excluding hydrogens is 336 g/mol. The number of hydrogen-bond acceptors (Lipinski definition) is 3. The highest BCUT2D eigenvalue weighted by atomic mass is 35.5. The molecule has 25 heavy (non-hydrogen) atoms. The maximum atomic E-state index is 12.1. The lowest BCUT2D eigenvalue weighted by Crippen LogP contribution is -2.33. The summed E-state index contributed by atoms with van der Waals surface area (Å²) in [5, 5.41) is 0.368. The summed E-state index contributed by atoms with van der Waals surface area (Å²) < 4.78 is 6.03. The Kier molecular flexibility index (Phi) is 7.30. The van der Waals surface area contributed by atoms with Gasteiger partial charge in [-0.15, -0.1) is 0 Å². The molecule has 1 aromatic heterocycles. The fraction of sp³-hybridized carbons (Fsp3) is 0.600. The number of halogens is 1. The number of carbonyl (C=O) groups excluding carboxylic acids is 1. The van der Waals surface area contributed by atoms with E-state index in [2.05, 4.69) is 31.0 Å². The van der Waals surface area contributed by atoms with Gasteiger partial charge in [-0.05, 0) is 24.0 Å². The highest BCUT2D eigenvalue weighted by Crippen LogP contribution is 2.27.